The van der Waals surface area contributed by atoms with Crippen LogP contribution in [-0.2, 0) is 4.79 Å². The molecule has 88 valence electrons. The molecule has 2 rings (SSSR count). The Kier molecular flexibility index (Phi) is 3.28. The van der Waals surface area contributed by atoms with Crippen LogP contribution in [0, 0.1) is 6.92 Å². The van der Waals surface area contributed by atoms with Gasteiger partial charge in [0.15, 0.2) is 5.78 Å². The Morgan fingerprint density at radius 1 is 1.41 bits per heavy atom. The van der Waals surface area contributed by atoms with Crippen molar-refractivity contribution in [3.8, 4) is 0 Å². The fourth-order valence-corrected chi connectivity index (χ4v) is 2.26. The molecule has 1 aliphatic rings. The molecule has 0 heterocycles. The predicted molar refractivity (Wildman–Crippen MR) is 72.0 cm³/mol. The van der Waals surface area contributed by atoms with E-state index in [1.807, 2.05) is 6.08 Å². The molecule has 1 heteroatoms. The van der Waals surface area contributed by atoms with Gasteiger partial charge < -0.3 is 0 Å². The Hall–Kier alpha value is -1.63. The Balaban J connectivity index is 2.44. The molecule has 1 aliphatic carbocycles. The van der Waals surface area contributed by atoms with Gasteiger partial charge in [-0.3, -0.25) is 4.79 Å². The van der Waals surface area contributed by atoms with Gasteiger partial charge in [-0.25, -0.2) is 0 Å². The summed E-state index contributed by atoms with van der Waals surface area (Å²) in [6, 6.07) is 6.58. The van der Waals surface area contributed by atoms with Crippen LogP contribution in [-0.4, -0.2) is 5.78 Å². The van der Waals surface area contributed by atoms with Crippen molar-refractivity contribution in [1.82, 2.24) is 0 Å². The standard InChI is InChI=1S/C16H18O/c1-11-4-9-15-12(2)5-7-14(16(15)10-11)8-6-13(3)17/h4,6-10,12H,5H2,1-3H3/b8-6+/t12-/m0/s1. The third kappa shape index (κ3) is 2.55. The summed E-state index contributed by atoms with van der Waals surface area (Å²) in [4.78, 5) is 11.0. The first-order valence-electron chi connectivity index (χ1n) is 6.07. The quantitative estimate of drug-likeness (QED) is 0.696. The van der Waals surface area contributed by atoms with Crippen molar-refractivity contribution >= 4 is 11.4 Å². The lowest BCUT2D eigenvalue weighted by Gasteiger charge is -2.22. The lowest BCUT2D eigenvalue weighted by Crippen LogP contribution is -2.03. The van der Waals surface area contributed by atoms with Crippen LogP contribution in [0.1, 0.15) is 42.9 Å². The third-order valence-electron chi connectivity index (χ3n) is 3.24. The molecule has 0 aromatic heterocycles. The monoisotopic (exact) mass is 226 g/mol. The van der Waals surface area contributed by atoms with Crippen molar-refractivity contribution in [2.24, 2.45) is 0 Å². The summed E-state index contributed by atoms with van der Waals surface area (Å²) in [7, 11) is 0. The summed E-state index contributed by atoms with van der Waals surface area (Å²) in [5, 5.41) is 0. The highest BCUT2D eigenvalue weighted by Gasteiger charge is 2.16. The molecule has 0 spiro atoms. The highest BCUT2D eigenvalue weighted by Crippen LogP contribution is 2.35. The first-order valence-corrected chi connectivity index (χ1v) is 6.07. The maximum absolute atomic E-state index is 11.0. The number of hydrogen-bond acceptors (Lipinski definition) is 1. The molecule has 0 radical (unpaired) electrons. The van der Waals surface area contributed by atoms with Gasteiger partial charge in [0.1, 0.15) is 0 Å². The largest absolute Gasteiger partial charge is 0.295 e. The van der Waals surface area contributed by atoms with E-state index in [1.54, 1.807) is 13.0 Å². The third-order valence-corrected chi connectivity index (χ3v) is 3.24. The summed E-state index contributed by atoms with van der Waals surface area (Å²) < 4.78 is 0. The molecular weight excluding hydrogens is 208 g/mol. The van der Waals surface area contributed by atoms with Gasteiger partial charge in [0.2, 0.25) is 0 Å². The molecule has 0 N–H and O–H groups in total. The van der Waals surface area contributed by atoms with Crippen LogP contribution in [0.25, 0.3) is 5.57 Å². The number of allylic oxidation sites excluding steroid dienone is 4. The zero-order valence-corrected chi connectivity index (χ0v) is 10.7. The van der Waals surface area contributed by atoms with Crippen LogP contribution in [0.2, 0.25) is 0 Å². The topological polar surface area (TPSA) is 17.1 Å². The first-order chi connectivity index (χ1) is 8.08. The SMILES string of the molecule is CC(=O)/C=C/C1=CC[C@H](C)c2ccc(C)cc21. The van der Waals surface area contributed by atoms with Crippen molar-refractivity contribution in [3.63, 3.8) is 0 Å². The van der Waals surface area contributed by atoms with E-state index in [1.165, 1.54) is 22.3 Å². The first kappa shape index (κ1) is 11.8. The van der Waals surface area contributed by atoms with Gasteiger partial charge in [-0.05, 0) is 49.0 Å². The lowest BCUT2D eigenvalue weighted by atomic mass is 9.83. The second-order valence-corrected chi connectivity index (χ2v) is 4.83. The maximum Gasteiger partial charge on any atom is 0.152 e. The molecular formula is C16H18O. The summed E-state index contributed by atoms with van der Waals surface area (Å²) in [5.74, 6) is 0.666. The molecule has 0 saturated carbocycles. The van der Waals surface area contributed by atoms with Gasteiger partial charge in [0.25, 0.3) is 0 Å². The van der Waals surface area contributed by atoms with Gasteiger partial charge in [-0.2, -0.15) is 0 Å². The summed E-state index contributed by atoms with van der Waals surface area (Å²) in [5.41, 5.74) is 5.11. The van der Waals surface area contributed by atoms with Crippen molar-refractivity contribution in [2.75, 3.05) is 0 Å². The molecule has 17 heavy (non-hydrogen) atoms. The van der Waals surface area contributed by atoms with Crippen LogP contribution in [0.4, 0.5) is 0 Å². The fourth-order valence-electron chi connectivity index (χ4n) is 2.26. The van der Waals surface area contributed by atoms with Crippen molar-refractivity contribution < 1.29 is 4.79 Å². The summed E-state index contributed by atoms with van der Waals surface area (Å²) in [6.45, 7) is 5.93. The molecule has 0 unspecified atom stereocenters. The number of rotatable bonds is 2. The average Bonchev–Trinajstić information content (AvgIpc) is 2.28. The lowest BCUT2D eigenvalue weighted by molar-refractivity contribution is -0.112. The Labute approximate surface area is 103 Å². The predicted octanol–water partition coefficient (Wildman–Crippen LogP) is 4.03. The van der Waals surface area contributed by atoms with E-state index in [-0.39, 0.29) is 5.78 Å². The molecule has 0 amide bonds. The van der Waals surface area contributed by atoms with Crippen LogP contribution in [0.5, 0.6) is 0 Å². The van der Waals surface area contributed by atoms with Gasteiger partial charge in [0.05, 0.1) is 0 Å². The molecule has 1 aromatic rings. The number of ketones is 1. The van der Waals surface area contributed by atoms with E-state index in [9.17, 15) is 4.79 Å². The van der Waals surface area contributed by atoms with Crippen LogP contribution >= 0.6 is 0 Å². The van der Waals surface area contributed by atoms with Gasteiger partial charge >= 0.3 is 0 Å². The minimum absolute atomic E-state index is 0.0960. The smallest absolute Gasteiger partial charge is 0.152 e. The van der Waals surface area contributed by atoms with E-state index < -0.39 is 0 Å². The second kappa shape index (κ2) is 4.70. The summed E-state index contributed by atoms with van der Waals surface area (Å²) in [6.07, 6.45) is 6.86. The Morgan fingerprint density at radius 3 is 2.88 bits per heavy atom. The minimum atomic E-state index is 0.0960. The number of carbonyl (C=O) groups excluding carboxylic acids is 1. The Bertz CT molecular complexity index is 506. The fraction of sp³-hybridized carbons (Fsp3) is 0.312. The molecule has 1 nitrogen and oxygen atoms in total. The van der Waals surface area contributed by atoms with E-state index in [2.05, 4.69) is 38.1 Å². The van der Waals surface area contributed by atoms with E-state index in [0.29, 0.717) is 5.92 Å². The number of fused-ring (bicyclic) bond motifs is 1. The molecule has 1 aromatic carbocycles. The highest BCUT2D eigenvalue weighted by molar-refractivity contribution is 5.91. The van der Waals surface area contributed by atoms with Crippen LogP contribution in [0.3, 0.4) is 0 Å². The Morgan fingerprint density at radius 2 is 2.18 bits per heavy atom. The number of aryl methyl sites for hydroxylation is 1. The number of carbonyl (C=O) groups is 1. The maximum atomic E-state index is 11.0. The summed E-state index contributed by atoms with van der Waals surface area (Å²) >= 11 is 0. The highest BCUT2D eigenvalue weighted by atomic mass is 16.1. The van der Waals surface area contributed by atoms with Gasteiger partial charge in [0, 0.05) is 0 Å². The van der Waals surface area contributed by atoms with E-state index in [4.69, 9.17) is 0 Å². The van der Waals surface area contributed by atoms with Gasteiger partial charge in [-0.1, -0.05) is 42.8 Å². The van der Waals surface area contributed by atoms with Crippen molar-refractivity contribution in [1.29, 1.82) is 0 Å². The number of hydrogen-bond donors (Lipinski definition) is 0. The van der Waals surface area contributed by atoms with Crippen molar-refractivity contribution in [2.45, 2.75) is 33.1 Å². The zero-order valence-electron chi connectivity index (χ0n) is 10.7. The normalized spacial score (nSPS) is 19.0. The molecule has 1 atom stereocenters. The van der Waals surface area contributed by atoms with Crippen molar-refractivity contribution in [3.05, 3.63) is 53.1 Å². The van der Waals surface area contributed by atoms with E-state index >= 15 is 0 Å². The van der Waals surface area contributed by atoms with Crippen LogP contribution in [0.15, 0.2) is 36.4 Å². The van der Waals surface area contributed by atoms with Crippen LogP contribution < -0.4 is 0 Å². The minimum Gasteiger partial charge on any atom is -0.295 e. The molecule has 0 aliphatic heterocycles. The van der Waals surface area contributed by atoms with E-state index in [0.717, 1.165) is 6.42 Å². The number of benzene rings is 1. The average molecular weight is 226 g/mol. The molecule has 0 saturated heterocycles. The molecule has 0 fully saturated rings. The second-order valence-electron chi connectivity index (χ2n) is 4.83. The molecule has 0 bridgehead atoms. The van der Waals surface area contributed by atoms with Gasteiger partial charge in [-0.15, -0.1) is 0 Å². The zero-order chi connectivity index (χ0) is 12.4.